The molecule has 0 atom stereocenters. The highest BCUT2D eigenvalue weighted by Gasteiger charge is 2.16. The lowest BCUT2D eigenvalue weighted by atomic mass is 10.1. The van der Waals surface area contributed by atoms with Crippen LogP contribution < -0.4 is 10.6 Å². The van der Waals surface area contributed by atoms with Gasteiger partial charge in [0.05, 0.1) is 29.4 Å². The largest absolute Gasteiger partial charge is 0.379 e. The number of amides is 2. The summed E-state index contributed by atoms with van der Waals surface area (Å²) in [6.07, 6.45) is 0. The van der Waals surface area contributed by atoms with Gasteiger partial charge in [-0.25, -0.2) is 0 Å². The molecule has 0 spiro atoms. The van der Waals surface area contributed by atoms with Gasteiger partial charge in [-0.15, -0.1) is 0 Å². The van der Waals surface area contributed by atoms with E-state index in [1.807, 2.05) is 0 Å². The molecular formula is C20H22N4O5. The first-order chi connectivity index (χ1) is 14.0. The number of carbonyl (C=O) groups excluding carboxylic acids is 2. The van der Waals surface area contributed by atoms with Crippen molar-refractivity contribution in [3.05, 3.63) is 69.8 Å². The SMILES string of the molecule is O=C(Nc1ccccc1C(=O)NCCN1CCOCC1)c1ccc([N+](=O)[O-])cc1. The van der Waals surface area contributed by atoms with Crippen molar-refractivity contribution in [3.63, 3.8) is 0 Å². The number of nitrogens with zero attached hydrogens (tertiary/aromatic N) is 2. The number of hydrogen-bond acceptors (Lipinski definition) is 6. The molecular weight excluding hydrogens is 376 g/mol. The van der Waals surface area contributed by atoms with Crippen molar-refractivity contribution in [2.75, 3.05) is 44.7 Å². The minimum absolute atomic E-state index is 0.0957. The first kappa shape index (κ1) is 20.4. The Morgan fingerprint density at radius 2 is 1.72 bits per heavy atom. The molecule has 0 saturated carbocycles. The van der Waals surface area contributed by atoms with Crippen molar-refractivity contribution in [3.8, 4) is 0 Å². The van der Waals surface area contributed by atoms with E-state index < -0.39 is 10.8 Å². The zero-order chi connectivity index (χ0) is 20.6. The van der Waals surface area contributed by atoms with Crippen LogP contribution in [0.5, 0.6) is 0 Å². The van der Waals surface area contributed by atoms with E-state index in [-0.39, 0.29) is 17.2 Å². The van der Waals surface area contributed by atoms with Crippen molar-refractivity contribution in [2.45, 2.75) is 0 Å². The summed E-state index contributed by atoms with van der Waals surface area (Å²) in [4.78, 5) is 37.4. The average Bonchev–Trinajstić information content (AvgIpc) is 2.75. The number of nitro benzene ring substituents is 1. The summed E-state index contributed by atoms with van der Waals surface area (Å²) < 4.78 is 5.30. The summed E-state index contributed by atoms with van der Waals surface area (Å²) in [5.74, 6) is -0.730. The number of anilines is 1. The summed E-state index contributed by atoms with van der Waals surface area (Å²) in [5, 5.41) is 16.3. The van der Waals surface area contributed by atoms with E-state index in [2.05, 4.69) is 15.5 Å². The van der Waals surface area contributed by atoms with Crippen molar-refractivity contribution in [2.24, 2.45) is 0 Å². The Balaban J connectivity index is 1.60. The highest BCUT2D eigenvalue weighted by molar-refractivity contribution is 6.09. The molecule has 1 saturated heterocycles. The monoisotopic (exact) mass is 398 g/mol. The Hall–Kier alpha value is -3.30. The molecule has 0 radical (unpaired) electrons. The zero-order valence-electron chi connectivity index (χ0n) is 15.8. The molecule has 0 bridgehead atoms. The predicted octanol–water partition coefficient (Wildman–Crippen LogP) is 1.91. The molecule has 2 amide bonds. The Morgan fingerprint density at radius 3 is 2.41 bits per heavy atom. The molecule has 9 heteroatoms. The van der Waals surface area contributed by atoms with E-state index in [1.165, 1.54) is 24.3 Å². The smallest absolute Gasteiger partial charge is 0.269 e. The molecule has 152 valence electrons. The summed E-state index contributed by atoms with van der Waals surface area (Å²) in [5.41, 5.74) is 0.893. The fourth-order valence-electron chi connectivity index (χ4n) is 2.97. The Morgan fingerprint density at radius 1 is 1.03 bits per heavy atom. The van der Waals surface area contributed by atoms with Gasteiger partial charge in [-0.3, -0.25) is 24.6 Å². The third-order valence-corrected chi connectivity index (χ3v) is 4.58. The molecule has 1 fully saturated rings. The van der Waals surface area contributed by atoms with Crippen molar-refractivity contribution >= 4 is 23.2 Å². The van der Waals surface area contributed by atoms with Crippen LogP contribution >= 0.6 is 0 Å². The zero-order valence-corrected chi connectivity index (χ0v) is 15.8. The summed E-state index contributed by atoms with van der Waals surface area (Å²) in [6, 6.07) is 12.0. The normalized spacial score (nSPS) is 14.2. The lowest BCUT2D eigenvalue weighted by molar-refractivity contribution is -0.384. The second-order valence-corrected chi connectivity index (χ2v) is 6.51. The van der Waals surface area contributed by atoms with E-state index in [0.29, 0.717) is 31.0 Å². The van der Waals surface area contributed by atoms with Gasteiger partial charge >= 0.3 is 0 Å². The fourth-order valence-corrected chi connectivity index (χ4v) is 2.97. The molecule has 2 N–H and O–H groups in total. The minimum atomic E-state index is -0.530. The van der Waals surface area contributed by atoms with Gasteiger partial charge in [0.1, 0.15) is 0 Å². The summed E-state index contributed by atoms with van der Waals surface area (Å²) in [7, 11) is 0. The van der Waals surface area contributed by atoms with E-state index in [1.54, 1.807) is 24.3 Å². The van der Waals surface area contributed by atoms with Gasteiger partial charge in [0, 0.05) is 43.9 Å². The number of nitrogens with one attached hydrogen (secondary N) is 2. The number of carbonyl (C=O) groups is 2. The predicted molar refractivity (Wildman–Crippen MR) is 107 cm³/mol. The third kappa shape index (κ3) is 5.59. The Kier molecular flexibility index (Phi) is 6.88. The maximum atomic E-state index is 12.6. The topological polar surface area (TPSA) is 114 Å². The first-order valence-electron chi connectivity index (χ1n) is 9.28. The lowest BCUT2D eigenvalue weighted by Crippen LogP contribution is -2.41. The second kappa shape index (κ2) is 9.76. The average molecular weight is 398 g/mol. The minimum Gasteiger partial charge on any atom is -0.379 e. The number of nitro groups is 1. The van der Waals surface area contributed by atoms with Crippen LogP contribution in [0.3, 0.4) is 0 Å². The highest BCUT2D eigenvalue weighted by atomic mass is 16.6. The van der Waals surface area contributed by atoms with Crippen LogP contribution in [0.15, 0.2) is 48.5 Å². The summed E-state index contributed by atoms with van der Waals surface area (Å²) in [6.45, 7) is 4.31. The number of hydrogen-bond donors (Lipinski definition) is 2. The third-order valence-electron chi connectivity index (χ3n) is 4.58. The number of benzene rings is 2. The first-order valence-corrected chi connectivity index (χ1v) is 9.28. The van der Waals surface area contributed by atoms with Gasteiger partial charge in [0.15, 0.2) is 0 Å². The summed E-state index contributed by atoms with van der Waals surface area (Å²) >= 11 is 0. The van der Waals surface area contributed by atoms with Gasteiger partial charge in [0.25, 0.3) is 17.5 Å². The van der Waals surface area contributed by atoms with Gasteiger partial charge < -0.3 is 15.4 Å². The number of rotatable bonds is 7. The van der Waals surface area contributed by atoms with Crippen LogP contribution in [0.4, 0.5) is 11.4 Å². The van der Waals surface area contributed by atoms with Crippen LogP contribution in [-0.4, -0.2) is 61.0 Å². The number of para-hydroxylation sites is 1. The molecule has 9 nitrogen and oxygen atoms in total. The van der Waals surface area contributed by atoms with Crippen LogP contribution in [0, 0.1) is 10.1 Å². The lowest BCUT2D eigenvalue weighted by Gasteiger charge is -2.26. The highest BCUT2D eigenvalue weighted by Crippen LogP contribution is 2.18. The molecule has 1 aliphatic heterocycles. The standard InChI is InChI=1S/C20H22N4O5/c25-19(15-5-7-16(8-6-15)24(27)28)22-18-4-2-1-3-17(18)20(26)21-9-10-23-11-13-29-14-12-23/h1-8H,9-14H2,(H,21,26)(H,22,25). The van der Waals surface area contributed by atoms with Gasteiger partial charge in [0.2, 0.25) is 0 Å². The number of morpholine rings is 1. The Bertz CT molecular complexity index is 879. The molecule has 3 rings (SSSR count). The maximum absolute atomic E-state index is 12.6. The van der Waals surface area contributed by atoms with Crippen molar-refractivity contribution < 1.29 is 19.2 Å². The Labute approximate surface area is 167 Å². The van der Waals surface area contributed by atoms with Crippen molar-refractivity contribution in [1.29, 1.82) is 0 Å². The quantitative estimate of drug-likeness (QED) is 0.544. The molecule has 2 aromatic rings. The van der Waals surface area contributed by atoms with Crippen LogP contribution in [0.25, 0.3) is 0 Å². The second-order valence-electron chi connectivity index (χ2n) is 6.51. The molecule has 29 heavy (non-hydrogen) atoms. The van der Waals surface area contributed by atoms with Gasteiger partial charge in [-0.1, -0.05) is 12.1 Å². The van der Waals surface area contributed by atoms with E-state index in [0.717, 1.165) is 19.6 Å². The molecule has 0 aliphatic carbocycles. The number of ether oxygens (including phenoxy) is 1. The van der Waals surface area contributed by atoms with Crippen molar-refractivity contribution in [1.82, 2.24) is 10.2 Å². The fraction of sp³-hybridized carbons (Fsp3) is 0.300. The van der Waals surface area contributed by atoms with E-state index >= 15 is 0 Å². The van der Waals surface area contributed by atoms with Gasteiger partial charge in [-0.05, 0) is 24.3 Å². The van der Waals surface area contributed by atoms with Crippen LogP contribution in [-0.2, 0) is 4.74 Å². The maximum Gasteiger partial charge on any atom is 0.269 e. The molecule has 0 unspecified atom stereocenters. The van der Waals surface area contributed by atoms with Crippen LogP contribution in [0.2, 0.25) is 0 Å². The van der Waals surface area contributed by atoms with Gasteiger partial charge in [-0.2, -0.15) is 0 Å². The van der Waals surface area contributed by atoms with E-state index in [4.69, 9.17) is 4.74 Å². The van der Waals surface area contributed by atoms with E-state index in [9.17, 15) is 19.7 Å². The van der Waals surface area contributed by atoms with Crippen LogP contribution in [0.1, 0.15) is 20.7 Å². The molecule has 1 heterocycles. The molecule has 2 aromatic carbocycles. The number of non-ortho nitro benzene ring substituents is 1. The molecule has 0 aromatic heterocycles. The molecule has 1 aliphatic rings.